The first-order valence-corrected chi connectivity index (χ1v) is 12.9. The van der Waals surface area contributed by atoms with E-state index >= 15 is 0 Å². The minimum atomic E-state index is -3.59. The van der Waals surface area contributed by atoms with Crippen LogP contribution in [0.2, 0.25) is 0 Å². The van der Waals surface area contributed by atoms with Crippen molar-refractivity contribution in [1.29, 1.82) is 0 Å². The van der Waals surface area contributed by atoms with Gasteiger partial charge < -0.3 is 9.64 Å². The maximum Gasteiger partial charge on any atom is 0.210 e. The van der Waals surface area contributed by atoms with Crippen LogP contribution in [0, 0.1) is 12.4 Å². The highest BCUT2D eigenvalue weighted by atomic mass is 32.2. The Kier molecular flexibility index (Phi) is 5.77. The zero-order chi connectivity index (χ0) is 23.7. The summed E-state index contributed by atoms with van der Waals surface area (Å²) in [6.07, 6.45) is 1.58. The molecule has 0 aliphatic carbocycles. The summed E-state index contributed by atoms with van der Waals surface area (Å²) in [6.45, 7) is 8.51. The molecular weight excluding hydrogens is 473 g/mol. The molecule has 0 amide bonds. The number of fused-ring (bicyclic) bond motifs is 1. The summed E-state index contributed by atoms with van der Waals surface area (Å²) >= 11 is 1.29. The average Bonchev–Trinajstić information content (AvgIpc) is 3.35. The van der Waals surface area contributed by atoms with Crippen molar-refractivity contribution >= 4 is 38.2 Å². The molecule has 4 aromatic rings. The first-order chi connectivity index (χ1) is 16.5. The molecule has 3 aromatic carbocycles. The minimum Gasteiger partial charge on any atom is -0.489 e. The summed E-state index contributed by atoms with van der Waals surface area (Å²) in [5.41, 5.74) is 2.73. The van der Waals surface area contributed by atoms with Crippen LogP contribution in [0.25, 0.3) is 16.0 Å². The molecule has 9 heteroatoms. The number of aromatic nitrogens is 1. The van der Waals surface area contributed by atoms with E-state index in [9.17, 15) is 12.8 Å². The predicted octanol–water partition coefficient (Wildman–Crippen LogP) is 6.00. The Balaban J connectivity index is 1.50. The van der Waals surface area contributed by atoms with E-state index in [1.807, 2.05) is 4.90 Å². The maximum absolute atomic E-state index is 14.3. The van der Waals surface area contributed by atoms with E-state index in [1.54, 1.807) is 60.1 Å². The predicted molar refractivity (Wildman–Crippen MR) is 130 cm³/mol. The smallest absolute Gasteiger partial charge is 0.210 e. The molecule has 170 valence electrons. The SMILES string of the molecule is [C-]#[N+]c1cc(-c2ccccc2F)ccc1N1CCOc2cc(S(=O)(=O)Cc3nccs3)ccc21. The lowest BCUT2D eigenvalue weighted by atomic mass is 10.0. The summed E-state index contributed by atoms with van der Waals surface area (Å²) in [6, 6.07) is 16.5. The van der Waals surface area contributed by atoms with Crippen molar-refractivity contribution in [1.82, 2.24) is 4.98 Å². The number of ether oxygens (including phenoxy) is 1. The van der Waals surface area contributed by atoms with Crippen molar-refractivity contribution in [2.75, 3.05) is 18.1 Å². The van der Waals surface area contributed by atoms with Crippen molar-refractivity contribution in [2.24, 2.45) is 0 Å². The number of sulfone groups is 1. The quantitative estimate of drug-likeness (QED) is 0.320. The van der Waals surface area contributed by atoms with Crippen LogP contribution in [-0.2, 0) is 15.6 Å². The van der Waals surface area contributed by atoms with E-state index < -0.39 is 9.84 Å². The number of benzene rings is 3. The van der Waals surface area contributed by atoms with Gasteiger partial charge in [-0.2, -0.15) is 0 Å². The second kappa shape index (κ2) is 8.89. The first kappa shape index (κ1) is 22.1. The molecule has 1 aliphatic rings. The number of hydrogen-bond acceptors (Lipinski definition) is 6. The number of nitrogens with zero attached hydrogens (tertiary/aromatic N) is 3. The van der Waals surface area contributed by atoms with Crippen molar-refractivity contribution in [3.05, 3.63) is 94.5 Å². The highest BCUT2D eigenvalue weighted by Crippen LogP contribution is 2.43. The molecule has 1 aromatic heterocycles. The van der Waals surface area contributed by atoms with Gasteiger partial charge in [0.15, 0.2) is 9.84 Å². The Morgan fingerprint density at radius 2 is 1.94 bits per heavy atom. The highest BCUT2D eigenvalue weighted by Gasteiger charge is 2.25. The van der Waals surface area contributed by atoms with Gasteiger partial charge in [0.05, 0.1) is 23.7 Å². The molecule has 1 aliphatic heterocycles. The summed E-state index contributed by atoms with van der Waals surface area (Å²) in [4.78, 5) is 9.83. The number of rotatable bonds is 5. The molecule has 2 heterocycles. The Morgan fingerprint density at radius 1 is 1.12 bits per heavy atom. The van der Waals surface area contributed by atoms with E-state index in [4.69, 9.17) is 11.3 Å². The van der Waals surface area contributed by atoms with Crippen LogP contribution in [0.5, 0.6) is 5.75 Å². The van der Waals surface area contributed by atoms with Crippen LogP contribution in [0.4, 0.5) is 21.5 Å². The minimum absolute atomic E-state index is 0.156. The zero-order valence-electron chi connectivity index (χ0n) is 17.8. The lowest BCUT2D eigenvalue weighted by Crippen LogP contribution is -2.28. The summed E-state index contributed by atoms with van der Waals surface area (Å²) in [5, 5.41) is 2.27. The molecule has 0 unspecified atom stereocenters. The Bertz CT molecular complexity index is 1510. The second-order valence-electron chi connectivity index (χ2n) is 7.61. The van der Waals surface area contributed by atoms with Crippen LogP contribution < -0.4 is 9.64 Å². The van der Waals surface area contributed by atoms with E-state index in [-0.39, 0.29) is 16.5 Å². The van der Waals surface area contributed by atoms with Crippen LogP contribution in [0.3, 0.4) is 0 Å². The standard InChI is InChI=1S/C25H18FN3O3S2/c1-27-21-14-17(19-4-2-3-5-20(19)26)6-8-22(21)29-11-12-32-24-15-18(7-9-23(24)29)34(30,31)16-25-28-10-13-33-25/h2-10,13-15H,11-12,16H2. The molecule has 0 saturated heterocycles. The van der Waals surface area contributed by atoms with Gasteiger partial charge in [0.2, 0.25) is 5.69 Å². The molecule has 0 saturated carbocycles. The van der Waals surface area contributed by atoms with E-state index in [0.717, 1.165) is 0 Å². The van der Waals surface area contributed by atoms with Gasteiger partial charge in [-0.1, -0.05) is 24.3 Å². The highest BCUT2D eigenvalue weighted by molar-refractivity contribution is 7.90. The lowest BCUT2D eigenvalue weighted by molar-refractivity contribution is 0.313. The van der Waals surface area contributed by atoms with Gasteiger partial charge in [-0.3, -0.25) is 0 Å². The summed E-state index contributed by atoms with van der Waals surface area (Å²) in [5.74, 6) is -0.0954. The average molecular weight is 492 g/mol. The molecule has 0 radical (unpaired) electrons. The maximum atomic E-state index is 14.3. The molecule has 34 heavy (non-hydrogen) atoms. The van der Waals surface area contributed by atoms with Gasteiger partial charge in [-0.15, -0.1) is 11.3 Å². The van der Waals surface area contributed by atoms with Crippen LogP contribution in [-0.4, -0.2) is 26.6 Å². The Labute approximate surface area is 200 Å². The van der Waals surface area contributed by atoms with Gasteiger partial charge in [-0.25, -0.2) is 22.6 Å². The van der Waals surface area contributed by atoms with E-state index in [0.29, 0.717) is 52.1 Å². The molecular formula is C25H18FN3O3S2. The topological polar surface area (TPSA) is 63.9 Å². The summed E-state index contributed by atoms with van der Waals surface area (Å²) in [7, 11) is -3.59. The molecule has 6 nitrogen and oxygen atoms in total. The van der Waals surface area contributed by atoms with Crippen LogP contribution in [0.1, 0.15) is 5.01 Å². The van der Waals surface area contributed by atoms with Gasteiger partial charge in [0, 0.05) is 28.9 Å². The third kappa shape index (κ3) is 4.14. The normalized spacial score (nSPS) is 13.1. The largest absolute Gasteiger partial charge is 0.489 e. The van der Waals surface area contributed by atoms with Gasteiger partial charge in [0.25, 0.3) is 0 Å². The number of hydrogen-bond donors (Lipinski definition) is 0. The second-order valence-corrected chi connectivity index (χ2v) is 10.6. The van der Waals surface area contributed by atoms with Gasteiger partial charge >= 0.3 is 0 Å². The first-order valence-electron chi connectivity index (χ1n) is 10.4. The van der Waals surface area contributed by atoms with Crippen molar-refractivity contribution < 1.29 is 17.5 Å². The zero-order valence-corrected chi connectivity index (χ0v) is 19.4. The fourth-order valence-corrected chi connectivity index (χ4v) is 6.18. The molecule has 0 bridgehead atoms. The third-order valence-corrected chi connectivity index (χ3v) is 8.11. The fourth-order valence-electron chi connectivity index (χ4n) is 3.92. The summed E-state index contributed by atoms with van der Waals surface area (Å²) < 4.78 is 45.8. The van der Waals surface area contributed by atoms with Crippen LogP contribution in [0.15, 0.2) is 77.1 Å². The van der Waals surface area contributed by atoms with Crippen LogP contribution >= 0.6 is 11.3 Å². The third-order valence-electron chi connectivity index (χ3n) is 5.52. The van der Waals surface area contributed by atoms with E-state index in [1.165, 1.54) is 23.5 Å². The van der Waals surface area contributed by atoms with Crippen molar-refractivity contribution in [3.63, 3.8) is 0 Å². The Morgan fingerprint density at radius 3 is 2.71 bits per heavy atom. The number of anilines is 2. The molecule has 0 atom stereocenters. The number of halogens is 1. The van der Waals surface area contributed by atoms with Crippen molar-refractivity contribution in [3.8, 4) is 16.9 Å². The van der Waals surface area contributed by atoms with E-state index in [2.05, 4.69) is 9.83 Å². The van der Waals surface area contributed by atoms with Crippen molar-refractivity contribution in [2.45, 2.75) is 10.6 Å². The lowest BCUT2D eigenvalue weighted by Gasteiger charge is -2.32. The molecule has 0 N–H and O–H groups in total. The fraction of sp³-hybridized carbons (Fsp3) is 0.120. The molecule has 5 rings (SSSR count). The Hall–Kier alpha value is -3.74. The number of thiazole rings is 1. The monoisotopic (exact) mass is 491 g/mol. The van der Waals surface area contributed by atoms with Gasteiger partial charge in [-0.05, 0) is 35.9 Å². The molecule has 0 spiro atoms. The molecule has 0 fully saturated rings. The van der Waals surface area contributed by atoms with Gasteiger partial charge in [0.1, 0.15) is 28.9 Å².